The third kappa shape index (κ3) is 7.52. The monoisotopic (exact) mass is 554 g/mol. The van der Waals surface area contributed by atoms with Gasteiger partial charge in [-0.3, -0.25) is 0 Å². The fourth-order valence-electron chi connectivity index (χ4n) is 4.58. The molecule has 0 fully saturated rings. The summed E-state index contributed by atoms with van der Waals surface area (Å²) in [6.07, 6.45) is -2.49. The highest BCUT2D eigenvalue weighted by Gasteiger charge is 2.36. The van der Waals surface area contributed by atoms with Gasteiger partial charge in [0.05, 0.1) is 0 Å². The molecule has 0 saturated carbocycles. The Morgan fingerprint density at radius 1 is 0.875 bits per heavy atom. The van der Waals surface area contributed by atoms with E-state index in [1.807, 2.05) is 55.5 Å². The Morgan fingerprint density at radius 2 is 1.40 bits per heavy atom. The van der Waals surface area contributed by atoms with E-state index in [0.717, 1.165) is 22.3 Å². The van der Waals surface area contributed by atoms with E-state index in [2.05, 4.69) is 10.6 Å². The van der Waals surface area contributed by atoms with E-state index < -0.39 is 47.9 Å². The molecule has 0 aliphatic heterocycles. The maximum Gasteiger partial charge on any atom is 0.408 e. The van der Waals surface area contributed by atoms with Gasteiger partial charge in [0.15, 0.2) is 6.04 Å². The van der Waals surface area contributed by atoms with Crippen LogP contribution in [0.2, 0.25) is 0 Å². The minimum Gasteiger partial charge on any atom is -0.480 e. The van der Waals surface area contributed by atoms with E-state index in [1.54, 1.807) is 27.7 Å². The number of aliphatic carboxylic acids is 1. The third-order valence-electron chi connectivity index (χ3n) is 6.79. The van der Waals surface area contributed by atoms with Crippen LogP contribution < -0.4 is 10.6 Å². The lowest BCUT2D eigenvalue weighted by Gasteiger charge is -2.28. The first-order chi connectivity index (χ1) is 18.8. The third-order valence-corrected chi connectivity index (χ3v) is 6.79. The molecule has 2 amide bonds. The molecule has 0 saturated heterocycles. The molecule has 0 unspecified atom stereocenters. The number of fused-ring (bicyclic) bond motifs is 3. The summed E-state index contributed by atoms with van der Waals surface area (Å²) in [4.78, 5) is 49.9. The number of carboxylic acids is 1. The summed E-state index contributed by atoms with van der Waals surface area (Å²) in [6.45, 7) is 9.92. The molecule has 1 aliphatic rings. The highest BCUT2D eigenvalue weighted by Crippen LogP contribution is 2.44. The van der Waals surface area contributed by atoms with Crippen LogP contribution in [-0.4, -0.2) is 59.6 Å². The fraction of sp³-hybridized carbons (Fsp3) is 0.467. The minimum absolute atomic E-state index is 0.0689. The van der Waals surface area contributed by atoms with Crippen LogP contribution in [0.1, 0.15) is 65.0 Å². The molecule has 10 heteroatoms. The lowest BCUT2D eigenvalue weighted by Crippen LogP contribution is -2.53. The van der Waals surface area contributed by atoms with Crippen LogP contribution >= 0.6 is 0 Å². The van der Waals surface area contributed by atoms with Gasteiger partial charge in [-0.1, -0.05) is 68.8 Å². The predicted molar refractivity (Wildman–Crippen MR) is 148 cm³/mol. The van der Waals surface area contributed by atoms with Crippen molar-refractivity contribution in [2.75, 3.05) is 6.61 Å². The molecule has 216 valence electrons. The van der Waals surface area contributed by atoms with Crippen LogP contribution in [0.5, 0.6) is 0 Å². The highest BCUT2D eigenvalue weighted by molar-refractivity contribution is 5.84. The Morgan fingerprint density at radius 3 is 1.90 bits per heavy atom. The van der Waals surface area contributed by atoms with Gasteiger partial charge in [-0.2, -0.15) is 0 Å². The van der Waals surface area contributed by atoms with Gasteiger partial charge in [0.1, 0.15) is 24.4 Å². The van der Waals surface area contributed by atoms with E-state index in [9.17, 15) is 24.3 Å². The van der Waals surface area contributed by atoms with Crippen molar-refractivity contribution < 1.29 is 38.5 Å². The molecule has 2 aromatic rings. The van der Waals surface area contributed by atoms with Crippen molar-refractivity contribution in [3.8, 4) is 11.1 Å². The summed E-state index contributed by atoms with van der Waals surface area (Å²) < 4.78 is 16.1. The second kappa shape index (κ2) is 12.8. The minimum atomic E-state index is -1.56. The van der Waals surface area contributed by atoms with Crippen LogP contribution in [0.3, 0.4) is 0 Å². The summed E-state index contributed by atoms with van der Waals surface area (Å²) >= 11 is 0. The number of hydrogen-bond donors (Lipinski definition) is 3. The van der Waals surface area contributed by atoms with Crippen LogP contribution in [0.15, 0.2) is 48.5 Å². The molecule has 40 heavy (non-hydrogen) atoms. The number of carbonyl (C=O) groups is 4. The van der Waals surface area contributed by atoms with Crippen molar-refractivity contribution in [2.45, 2.75) is 77.7 Å². The molecule has 10 nitrogen and oxygen atoms in total. The number of ether oxygens (including phenoxy) is 3. The normalized spacial score (nSPS) is 15.4. The summed E-state index contributed by atoms with van der Waals surface area (Å²) in [5, 5.41) is 14.4. The number of benzene rings is 2. The highest BCUT2D eigenvalue weighted by atomic mass is 16.6. The Hall–Kier alpha value is -4.08. The lowest BCUT2D eigenvalue weighted by atomic mass is 9.98. The van der Waals surface area contributed by atoms with Crippen LogP contribution in [0.4, 0.5) is 9.59 Å². The van der Waals surface area contributed by atoms with Crippen molar-refractivity contribution in [1.82, 2.24) is 10.6 Å². The summed E-state index contributed by atoms with van der Waals surface area (Å²) in [7, 11) is 0. The van der Waals surface area contributed by atoms with Crippen molar-refractivity contribution >= 4 is 24.1 Å². The first kappa shape index (κ1) is 30.5. The zero-order chi connectivity index (χ0) is 29.6. The van der Waals surface area contributed by atoms with E-state index in [1.165, 1.54) is 6.92 Å². The Balaban J connectivity index is 1.65. The molecule has 0 spiro atoms. The number of carboxylic acid groups (broad SMARTS) is 1. The zero-order valence-corrected chi connectivity index (χ0v) is 23.7. The molecule has 3 N–H and O–H groups in total. The average Bonchev–Trinajstić information content (AvgIpc) is 3.21. The molecular weight excluding hydrogens is 516 g/mol. The maximum absolute atomic E-state index is 13.1. The molecule has 2 aromatic carbocycles. The Kier molecular flexibility index (Phi) is 9.78. The summed E-state index contributed by atoms with van der Waals surface area (Å²) in [5.74, 6) is -2.74. The van der Waals surface area contributed by atoms with Crippen LogP contribution in [-0.2, 0) is 23.8 Å². The number of esters is 1. The van der Waals surface area contributed by atoms with E-state index in [0.29, 0.717) is 6.42 Å². The van der Waals surface area contributed by atoms with Crippen molar-refractivity contribution in [3.05, 3.63) is 59.7 Å². The maximum atomic E-state index is 13.1. The van der Waals surface area contributed by atoms with Crippen molar-refractivity contribution in [1.29, 1.82) is 0 Å². The van der Waals surface area contributed by atoms with Gasteiger partial charge in [-0.25, -0.2) is 19.2 Å². The lowest BCUT2D eigenvalue weighted by molar-refractivity contribution is -0.157. The van der Waals surface area contributed by atoms with Crippen LogP contribution in [0, 0.1) is 5.92 Å². The smallest absolute Gasteiger partial charge is 0.408 e. The summed E-state index contributed by atoms with van der Waals surface area (Å²) in [6, 6.07) is 13.2. The van der Waals surface area contributed by atoms with E-state index >= 15 is 0 Å². The molecule has 0 aromatic heterocycles. The average molecular weight is 555 g/mol. The number of carbonyl (C=O) groups excluding carboxylic acids is 3. The number of amides is 2. The zero-order valence-electron chi connectivity index (χ0n) is 23.7. The fourth-order valence-corrected chi connectivity index (χ4v) is 4.58. The van der Waals surface area contributed by atoms with Crippen molar-refractivity contribution in [3.63, 3.8) is 0 Å². The van der Waals surface area contributed by atoms with E-state index in [4.69, 9.17) is 14.2 Å². The Labute approximate surface area is 234 Å². The topological polar surface area (TPSA) is 140 Å². The SMILES string of the molecule is CC[C@H](C)[C@H](NC(=O)OCC1c2ccccc2-c2ccccc21)C(=O)O[C@H](C)[C@@H](NC(=O)OC(C)(C)C)C(=O)O. The second-order valence-corrected chi connectivity index (χ2v) is 10.9. The number of nitrogens with one attached hydrogen (secondary N) is 2. The first-order valence-corrected chi connectivity index (χ1v) is 13.4. The molecule has 0 radical (unpaired) electrons. The predicted octanol–water partition coefficient (Wildman–Crippen LogP) is 4.85. The Bertz CT molecular complexity index is 1190. The van der Waals surface area contributed by atoms with Crippen LogP contribution in [0.25, 0.3) is 11.1 Å². The quantitative estimate of drug-likeness (QED) is 0.280. The van der Waals surface area contributed by atoms with Gasteiger partial charge in [0, 0.05) is 5.92 Å². The standard InChI is InChI=1S/C30H38N2O8/c1-7-17(2)24(27(35)39-18(3)25(26(33)34)32-29(37)40-30(4,5)6)31-28(36)38-16-23-21-14-10-8-12-19(21)20-13-9-11-15-22(20)23/h8-15,17-18,23-25H,7,16H2,1-6H3,(H,31,36)(H,32,37)(H,33,34)/t17-,18+,24-,25+/m0/s1. The number of hydrogen-bond acceptors (Lipinski definition) is 7. The van der Waals surface area contributed by atoms with Gasteiger partial charge in [-0.15, -0.1) is 0 Å². The van der Waals surface area contributed by atoms with Gasteiger partial charge >= 0.3 is 24.1 Å². The molecule has 1 aliphatic carbocycles. The molecule has 0 heterocycles. The largest absolute Gasteiger partial charge is 0.480 e. The number of rotatable bonds is 10. The van der Waals surface area contributed by atoms with E-state index in [-0.39, 0.29) is 18.4 Å². The molecule has 0 bridgehead atoms. The van der Waals surface area contributed by atoms with Crippen molar-refractivity contribution in [2.24, 2.45) is 5.92 Å². The molecule has 3 rings (SSSR count). The van der Waals surface area contributed by atoms with Gasteiger partial charge in [0.25, 0.3) is 0 Å². The molecule has 4 atom stereocenters. The molecular formula is C30H38N2O8. The van der Waals surface area contributed by atoms with Gasteiger partial charge in [0.2, 0.25) is 0 Å². The van der Waals surface area contributed by atoms with Gasteiger partial charge in [-0.05, 0) is 55.9 Å². The second-order valence-electron chi connectivity index (χ2n) is 10.9. The first-order valence-electron chi connectivity index (χ1n) is 13.4. The number of alkyl carbamates (subject to hydrolysis) is 2. The summed E-state index contributed by atoms with van der Waals surface area (Å²) in [5.41, 5.74) is 3.45. The van der Waals surface area contributed by atoms with Gasteiger partial charge < -0.3 is 30.0 Å².